The van der Waals surface area contributed by atoms with E-state index in [9.17, 15) is 5.11 Å². The first-order valence-corrected chi connectivity index (χ1v) is 6.75. The van der Waals surface area contributed by atoms with Gasteiger partial charge in [0, 0.05) is 0 Å². The summed E-state index contributed by atoms with van der Waals surface area (Å²) >= 11 is 0. The fraction of sp³-hybridized carbons (Fsp3) is 0.600. The molecule has 0 bridgehead atoms. The third-order valence-electron chi connectivity index (χ3n) is 3.41. The van der Waals surface area contributed by atoms with E-state index in [0.29, 0.717) is 12.7 Å². The van der Waals surface area contributed by atoms with Gasteiger partial charge in [-0.05, 0) is 43.9 Å². The second kappa shape index (κ2) is 6.21. The third-order valence-corrected chi connectivity index (χ3v) is 3.41. The molecule has 2 unspecified atom stereocenters. The SMILES string of the molecule is CC[C@@H](O)c1ccc(OCC2CCC(C)O2)cc1. The Labute approximate surface area is 109 Å². The van der Waals surface area contributed by atoms with Crippen LogP contribution >= 0.6 is 0 Å². The molecule has 0 amide bonds. The maximum Gasteiger partial charge on any atom is 0.119 e. The van der Waals surface area contributed by atoms with Gasteiger partial charge >= 0.3 is 0 Å². The van der Waals surface area contributed by atoms with E-state index in [-0.39, 0.29) is 12.2 Å². The van der Waals surface area contributed by atoms with Crippen LogP contribution in [0.1, 0.15) is 44.8 Å². The van der Waals surface area contributed by atoms with Crippen LogP contribution in [0.15, 0.2) is 24.3 Å². The Hall–Kier alpha value is -1.06. The molecule has 18 heavy (non-hydrogen) atoms. The monoisotopic (exact) mass is 250 g/mol. The smallest absolute Gasteiger partial charge is 0.119 e. The number of hydrogen-bond acceptors (Lipinski definition) is 3. The third kappa shape index (κ3) is 3.47. The summed E-state index contributed by atoms with van der Waals surface area (Å²) in [7, 11) is 0. The molecule has 3 nitrogen and oxygen atoms in total. The number of aliphatic hydroxyl groups excluding tert-OH is 1. The first kappa shape index (κ1) is 13.4. The lowest BCUT2D eigenvalue weighted by Gasteiger charge is -2.13. The fourth-order valence-corrected chi connectivity index (χ4v) is 2.22. The van der Waals surface area contributed by atoms with E-state index < -0.39 is 0 Å². The van der Waals surface area contributed by atoms with Gasteiger partial charge in [0.1, 0.15) is 12.4 Å². The zero-order valence-corrected chi connectivity index (χ0v) is 11.1. The quantitative estimate of drug-likeness (QED) is 0.872. The summed E-state index contributed by atoms with van der Waals surface area (Å²) < 4.78 is 11.4. The van der Waals surface area contributed by atoms with Crippen molar-refractivity contribution in [1.82, 2.24) is 0 Å². The molecule has 1 aliphatic rings. The Bertz CT molecular complexity index is 361. The van der Waals surface area contributed by atoms with E-state index in [2.05, 4.69) is 6.92 Å². The molecule has 1 aromatic carbocycles. The van der Waals surface area contributed by atoms with Crippen LogP contribution in [0.2, 0.25) is 0 Å². The van der Waals surface area contributed by atoms with Crippen molar-refractivity contribution >= 4 is 0 Å². The molecule has 0 aliphatic carbocycles. The maximum absolute atomic E-state index is 9.69. The predicted molar refractivity (Wildman–Crippen MR) is 70.8 cm³/mol. The average molecular weight is 250 g/mol. The lowest BCUT2D eigenvalue weighted by molar-refractivity contribution is 0.0264. The Morgan fingerprint density at radius 3 is 2.61 bits per heavy atom. The largest absolute Gasteiger partial charge is 0.491 e. The maximum atomic E-state index is 9.69. The number of benzene rings is 1. The van der Waals surface area contributed by atoms with Crippen molar-refractivity contribution in [3.8, 4) is 5.75 Å². The molecule has 1 aliphatic heterocycles. The van der Waals surface area contributed by atoms with Crippen molar-refractivity contribution in [2.24, 2.45) is 0 Å². The predicted octanol–water partition coefficient (Wildman–Crippen LogP) is 3.08. The highest BCUT2D eigenvalue weighted by atomic mass is 16.5. The lowest BCUT2D eigenvalue weighted by atomic mass is 10.1. The number of rotatable bonds is 5. The Morgan fingerprint density at radius 2 is 2.06 bits per heavy atom. The van der Waals surface area contributed by atoms with Crippen LogP contribution in [0, 0.1) is 0 Å². The minimum absolute atomic E-state index is 0.223. The molecule has 1 aromatic rings. The van der Waals surface area contributed by atoms with Gasteiger partial charge in [-0.15, -0.1) is 0 Å². The molecule has 3 atom stereocenters. The van der Waals surface area contributed by atoms with Crippen molar-refractivity contribution in [2.45, 2.75) is 51.4 Å². The molecule has 1 saturated heterocycles. The van der Waals surface area contributed by atoms with Crippen LogP contribution in [-0.4, -0.2) is 23.9 Å². The van der Waals surface area contributed by atoms with Crippen LogP contribution in [0.5, 0.6) is 5.75 Å². The molecule has 2 rings (SSSR count). The van der Waals surface area contributed by atoms with E-state index >= 15 is 0 Å². The highest BCUT2D eigenvalue weighted by Gasteiger charge is 2.22. The molecule has 1 fully saturated rings. The number of aliphatic hydroxyl groups is 1. The molecular formula is C15H22O3. The van der Waals surface area contributed by atoms with Gasteiger partial charge < -0.3 is 14.6 Å². The fourth-order valence-electron chi connectivity index (χ4n) is 2.22. The molecule has 1 N–H and O–H groups in total. The molecule has 1 heterocycles. The van der Waals surface area contributed by atoms with Crippen LogP contribution in [-0.2, 0) is 4.74 Å². The van der Waals surface area contributed by atoms with Gasteiger partial charge in [-0.25, -0.2) is 0 Å². The second-order valence-corrected chi connectivity index (χ2v) is 4.95. The minimum Gasteiger partial charge on any atom is -0.491 e. The van der Waals surface area contributed by atoms with Crippen LogP contribution in [0.3, 0.4) is 0 Å². The van der Waals surface area contributed by atoms with Gasteiger partial charge in [0.25, 0.3) is 0 Å². The molecule has 0 spiro atoms. The summed E-state index contributed by atoms with van der Waals surface area (Å²) in [5.41, 5.74) is 0.940. The lowest BCUT2D eigenvalue weighted by Crippen LogP contribution is -2.17. The van der Waals surface area contributed by atoms with Gasteiger partial charge in [-0.3, -0.25) is 0 Å². The molecular weight excluding hydrogens is 228 g/mol. The van der Waals surface area contributed by atoms with Crippen LogP contribution in [0.25, 0.3) is 0 Å². The first-order chi connectivity index (χ1) is 8.69. The molecule has 100 valence electrons. The Kier molecular flexibility index (Phi) is 4.61. The normalized spacial score (nSPS) is 25.1. The van der Waals surface area contributed by atoms with Crippen LogP contribution in [0.4, 0.5) is 0 Å². The van der Waals surface area contributed by atoms with Crippen molar-refractivity contribution in [2.75, 3.05) is 6.61 Å². The van der Waals surface area contributed by atoms with E-state index in [1.807, 2.05) is 31.2 Å². The van der Waals surface area contributed by atoms with E-state index in [1.165, 1.54) is 0 Å². The topological polar surface area (TPSA) is 38.7 Å². The second-order valence-electron chi connectivity index (χ2n) is 4.95. The summed E-state index contributed by atoms with van der Waals surface area (Å²) in [5.74, 6) is 0.838. The van der Waals surface area contributed by atoms with Gasteiger partial charge in [0.15, 0.2) is 0 Å². The standard InChI is InChI=1S/C15H22O3/c1-3-15(16)12-5-8-13(9-6-12)17-10-14-7-4-11(2)18-14/h5-6,8-9,11,14-16H,3-4,7,10H2,1-2H3/t11?,14?,15-/m1/s1. The summed E-state index contributed by atoms with van der Waals surface area (Å²) in [6.45, 7) is 4.68. The van der Waals surface area contributed by atoms with E-state index in [1.54, 1.807) is 0 Å². The summed E-state index contributed by atoms with van der Waals surface area (Å²) in [6.07, 6.45) is 3.14. The minimum atomic E-state index is -0.377. The summed E-state index contributed by atoms with van der Waals surface area (Å²) in [5, 5.41) is 9.69. The van der Waals surface area contributed by atoms with Gasteiger partial charge in [-0.2, -0.15) is 0 Å². The molecule has 0 aromatic heterocycles. The Morgan fingerprint density at radius 1 is 1.33 bits per heavy atom. The molecule has 3 heteroatoms. The zero-order chi connectivity index (χ0) is 13.0. The highest BCUT2D eigenvalue weighted by molar-refractivity contribution is 5.28. The van der Waals surface area contributed by atoms with Crippen LogP contribution < -0.4 is 4.74 Å². The average Bonchev–Trinajstić information content (AvgIpc) is 2.82. The number of hydrogen-bond donors (Lipinski definition) is 1. The van der Waals surface area contributed by atoms with Gasteiger partial charge in [-0.1, -0.05) is 19.1 Å². The summed E-state index contributed by atoms with van der Waals surface area (Å²) in [6, 6.07) is 7.66. The van der Waals surface area contributed by atoms with E-state index in [0.717, 1.165) is 30.6 Å². The molecule has 0 radical (unpaired) electrons. The van der Waals surface area contributed by atoms with Gasteiger partial charge in [0.05, 0.1) is 18.3 Å². The van der Waals surface area contributed by atoms with Crippen molar-refractivity contribution in [3.63, 3.8) is 0 Å². The first-order valence-electron chi connectivity index (χ1n) is 6.75. The van der Waals surface area contributed by atoms with Crippen molar-refractivity contribution < 1.29 is 14.6 Å². The van der Waals surface area contributed by atoms with E-state index in [4.69, 9.17) is 9.47 Å². The van der Waals surface area contributed by atoms with Crippen molar-refractivity contribution in [1.29, 1.82) is 0 Å². The summed E-state index contributed by atoms with van der Waals surface area (Å²) in [4.78, 5) is 0. The highest BCUT2D eigenvalue weighted by Crippen LogP contribution is 2.22. The molecule has 0 saturated carbocycles. The van der Waals surface area contributed by atoms with Crippen molar-refractivity contribution in [3.05, 3.63) is 29.8 Å². The van der Waals surface area contributed by atoms with Gasteiger partial charge in [0.2, 0.25) is 0 Å². The Balaban J connectivity index is 1.83. The zero-order valence-electron chi connectivity index (χ0n) is 11.1. The number of ether oxygens (including phenoxy) is 2.